The monoisotopic (exact) mass is 258 g/mol. The van der Waals surface area contributed by atoms with Gasteiger partial charge in [0.25, 0.3) is 0 Å². The molecule has 0 aliphatic heterocycles. The highest BCUT2D eigenvalue weighted by atomic mass is 14.9. The molecule has 0 saturated heterocycles. The van der Waals surface area contributed by atoms with Crippen molar-refractivity contribution in [2.24, 2.45) is 5.41 Å². The first-order chi connectivity index (χ1) is 8.94. The molecule has 0 spiro atoms. The fourth-order valence-corrected chi connectivity index (χ4v) is 2.04. The number of aryl methyl sites for hydroxylation is 1. The summed E-state index contributed by atoms with van der Waals surface area (Å²) in [4.78, 5) is 0. The maximum absolute atomic E-state index is 8.94. The normalized spacial score (nSPS) is 13.0. The van der Waals surface area contributed by atoms with Gasteiger partial charge in [-0.2, -0.15) is 5.26 Å². The molecule has 1 atom stereocenters. The zero-order chi connectivity index (χ0) is 14.3. The molecule has 0 heterocycles. The van der Waals surface area contributed by atoms with E-state index in [9.17, 15) is 0 Å². The van der Waals surface area contributed by atoms with E-state index in [2.05, 4.69) is 49.5 Å². The van der Waals surface area contributed by atoms with E-state index in [4.69, 9.17) is 5.26 Å². The van der Waals surface area contributed by atoms with Crippen LogP contribution in [0.5, 0.6) is 0 Å². The number of nitrogens with one attached hydrogen (secondary N) is 1. The van der Waals surface area contributed by atoms with Gasteiger partial charge in [-0.1, -0.05) is 36.2 Å². The first kappa shape index (κ1) is 15.7. The molecule has 1 aromatic carbocycles. The van der Waals surface area contributed by atoms with Crippen LogP contribution in [-0.4, -0.2) is 6.54 Å². The molecule has 1 unspecified atom stereocenters. The molecule has 0 bridgehead atoms. The van der Waals surface area contributed by atoms with Crippen molar-refractivity contribution < 1.29 is 0 Å². The van der Waals surface area contributed by atoms with Crippen molar-refractivity contribution in [1.29, 1.82) is 5.26 Å². The molecule has 0 aliphatic carbocycles. The third kappa shape index (κ3) is 5.89. The Bertz CT molecular complexity index is 412. The highest BCUT2D eigenvalue weighted by molar-refractivity contribution is 5.23. The molecule has 2 heteroatoms. The van der Waals surface area contributed by atoms with Crippen molar-refractivity contribution in [2.45, 2.75) is 53.0 Å². The van der Waals surface area contributed by atoms with E-state index in [1.54, 1.807) is 0 Å². The summed E-state index contributed by atoms with van der Waals surface area (Å²) in [6.45, 7) is 9.34. The van der Waals surface area contributed by atoms with E-state index < -0.39 is 0 Å². The van der Waals surface area contributed by atoms with Crippen molar-refractivity contribution in [2.75, 3.05) is 6.54 Å². The summed E-state index contributed by atoms with van der Waals surface area (Å²) >= 11 is 0. The van der Waals surface area contributed by atoms with Gasteiger partial charge in [0.1, 0.15) is 0 Å². The zero-order valence-electron chi connectivity index (χ0n) is 12.7. The summed E-state index contributed by atoms with van der Waals surface area (Å²) in [7, 11) is 0. The smallest absolute Gasteiger partial charge is 0.0683 e. The van der Waals surface area contributed by atoms with Crippen LogP contribution in [0, 0.1) is 23.7 Å². The molecule has 0 fully saturated rings. The first-order valence-electron chi connectivity index (χ1n) is 7.16. The molecule has 104 valence electrons. The van der Waals surface area contributed by atoms with Crippen LogP contribution in [-0.2, 0) is 0 Å². The largest absolute Gasteiger partial charge is 0.310 e. The lowest BCUT2D eigenvalue weighted by Crippen LogP contribution is -2.20. The lowest BCUT2D eigenvalue weighted by atomic mass is 9.89. The van der Waals surface area contributed by atoms with Gasteiger partial charge in [-0.15, -0.1) is 0 Å². The number of nitriles is 1. The fraction of sp³-hybridized carbons (Fsp3) is 0.588. The molecular formula is C17H26N2. The highest BCUT2D eigenvalue weighted by Gasteiger charge is 2.15. The zero-order valence-corrected chi connectivity index (χ0v) is 12.7. The predicted molar refractivity (Wildman–Crippen MR) is 80.8 cm³/mol. The number of hydrogen-bond donors (Lipinski definition) is 1. The molecule has 1 N–H and O–H groups in total. The summed E-state index contributed by atoms with van der Waals surface area (Å²) < 4.78 is 0. The number of unbranched alkanes of at least 4 members (excludes halogenated alkanes) is 1. The highest BCUT2D eigenvalue weighted by Crippen LogP contribution is 2.21. The van der Waals surface area contributed by atoms with Gasteiger partial charge in [0.15, 0.2) is 0 Å². The van der Waals surface area contributed by atoms with Crippen LogP contribution in [0.1, 0.15) is 57.2 Å². The molecule has 1 rings (SSSR count). The fourth-order valence-electron chi connectivity index (χ4n) is 2.04. The Morgan fingerprint density at radius 1 is 1.21 bits per heavy atom. The lowest BCUT2D eigenvalue weighted by Gasteiger charge is -2.16. The minimum atomic E-state index is -0.178. The lowest BCUT2D eigenvalue weighted by molar-refractivity contribution is 0.418. The first-order valence-corrected chi connectivity index (χ1v) is 7.16. The number of rotatable bonds is 7. The van der Waals surface area contributed by atoms with Crippen molar-refractivity contribution >= 4 is 0 Å². The summed E-state index contributed by atoms with van der Waals surface area (Å²) in [6.07, 6.45) is 3.21. The average Bonchev–Trinajstić information content (AvgIpc) is 2.39. The van der Waals surface area contributed by atoms with Crippen LogP contribution >= 0.6 is 0 Å². The van der Waals surface area contributed by atoms with Gasteiger partial charge >= 0.3 is 0 Å². The molecular weight excluding hydrogens is 232 g/mol. The number of hydrogen-bond acceptors (Lipinski definition) is 2. The predicted octanol–water partition coefficient (Wildman–Crippen LogP) is 4.37. The van der Waals surface area contributed by atoms with E-state index in [0.29, 0.717) is 6.04 Å². The van der Waals surface area contributed by atoms with Gasteiger partial charge in [0, 0.05) is 6.04 Å². The Morgan fingerprint density at radius 2 is 1.84 bits per heavy atom. The molecule has 0 amide bonds. The van der Waals surface area contributed by atoms with Gasteiger partial charge in [-0.05, 0) is 52.6 Å². The standard InChI is InChI=1S/C17H26N2/c1-14-7-9-16(10-8-14)15(2)19-12-6-5-11-17(3,4)13-18/h7-10,15,19H,5-6,11-12H2,1-4H3. The average molecular weight is 258 g/mol. The molecule has 0 aromatic heterocycles. The quantitative estimate of drug-likeness (QED) is 0.737. The SMILES string of the molecule is Cc1ccc(C(C)NCCCCC(C)(C)C#N)cc1. The molecule has 19 heavy (non-hydrogen) atoms. The van der Waals surface area contributed by atoms with Crippen LogP contribution in [0.4, 0.5) is 0 Å². The minimum absolute atomic E-state index is 0.178. The molecule has 1 aromatic rings. The van der Waals surface area contributed by atoms with E-state index in [0.717, 1.165) is 25.8 Å². The van der Waals surface area contributed by atoms with Crippen LogP contribution < -0.4 is 5.32 Å². The van der Waals surface area contributed by atoms with Crippen molar-refractivity contribution in [3.05, 3.63) is 35.4 Å². The summed E-state index contributed by atoms with van der Waals surface area (Å²) in [5.41, 5.74) is 2.46. The van der Waals surface area contributed by atoms with Crippen LogP contribution in [0.15, 0.2) is 24.3 Å². The van der Waals surface area contributed by atoms with Gasteiger partial charge in [-0.25, -0.2) is 0 Å². The summed E-state index contributed by atoms with van der Waals surface area (Å²) in [5, 5.41) is 12.5. The number of nitrogens with zero attached hydrogens (tertiary/aromatic N) is 1. The van der Waals surface area contributed by atoms with Crippen molar-refractivity contribution in [3.63, 3.8) is 0 Å². The molecule has 0 radical (unpaired) electrons. The van der Waals surface area contributed by atoms with E-state index in [-0.39, 0.29) is 5.41 Å². The van der Waals surface area contributed by atoms with Crippen LogP contribution in [0.3, 0.4) is 0 Å². The summed E-state index contributed by atoms with van der Waals surface area (Å²) in [5.74, 6) is 0. The van der Waals surface area contributed by atoms with E-state index >= 15 is 0 Å². The van der Waals surface area contributed by atoms with Gasteiger partial charge in [0.2, 0.25) is 0 Å². The molecule has 0 saturated carbocycles. The minimum Gasteiger partial charge on any atom is -0.310 e. The third-order valence-electron chi connectivity index (χ3n) is 3.56. The second-order valence-electron chi connectivity index (χ2n) is 6.04. The maximum atomic E-state index is 8.94. The molecule has 0 aliphatic rings. The summed E-state index contributed by atoms with van der Waals surface area (Å²) in [6, 6.07) is 11.4. The van der Waals surface area contributed by atoms with Crippen LogP contribution in [0.25, 0.3) is 0 Å². The van der Waals surface area contributed by atoms with Crippen molar-refractivity contribution in [1.82, 2.24) is 5.32 Å². The Kier molecular flexibility index (Phi) is 6.05. The Labute approximate surface area is 117 Å². The maximum Gasteiger partial charge on any atom is 0.0683 e. The van der Waals surface area contributed by atoms with Gasteiger partial charge < -0.3 is 5.32 Å². The Balaban J connectivity index is 2.23. The third-order valence-corrected chi connectivity index (χ3v) is 3.56. The van der Waals surface area contributed by atoms with E-state index in [1.807, 2.05) is 13.8 Å². The van der Waals surface area contributed by atoms with E-state index in [1.165, 1.54) is 11.1 Å². The second kappa shape index (κ2) is 7.31. The van der Waals surface area contributed by atoms with Gasteiger partial charge in [0.05, 0.1) is 11.5 Å². The van der Waals surface area contributed by atoms with Gasteiger partial charge in [-0.3, -0.25) is 0 Å². The van der Waals surface area contributed by atoms with Crippen molar-refractivity contribution in [3.8, 4) is 6.07 Å². The Hall–Kier alpha value is -1.33. The molecule has 2 nitrogen and oxygen atoms in total. The second-order valence-corrected chi connectivity index (χ2v) is 6.04. The van der Waals surface area contributed by atoms with Crippen LogP contribution in [0.2, 0.25) is 0 Å². The number of benzene rings is 1. The topological polar surface area (TPSA) is 35.8 Å². The Morgan fingerprint density at radius 3 is 2.42 bits per heavy atom.